The molecule has 0 aliphatic carbocycles. The number of esters is 1. The summed E-state index contributed by atoms with van der Waals surface area (Å²) in [7, 11) is 3.21. The number of hydrogen-bond acceptors (Lipinski definition) is 6. The lowest BCUT2D eigenvalue weighted by molar-refractivity contribution is 0.0600. The molecule has 0 saturated carbocycles. The van der Waals surface area contributed by atoms with Crippen molar-refractivity contribution in [1.29, 1.82) is 0 Å². The maximum absolute atomic E-state index is 12.7. The first-order valence-electron chi connectivity index (χ1n) is 9.07. The van der Waals surface area contributed by atoms with Gasteiger partial charge < -0.3 is 15.0 Å². The molecule has 1 aromatic heterocycles. The molecular formula is C22H22N4O3. The van der Waals surface area contributed by atoms with Gasteiger partial charge in [0.2, 0.25) is 5.95 Å². The second-order valence-electron chi connectivity index (χ2n) is 6.56. The maximum Gasteiger partial charge on any atom is 0.337 e. The first-order valence-corrected chi connectivity index (χ1v) is 9.07. The highest BCUT2D eigenvalue weighted by atomic mass is 16.5. The Labute approximate surface area is 169 Å². The van der Waals surface area contributed by atoms with Crippen LogP contribution in [0.5, 0.6) is 0 Å². The molecule has 1 N–H and O–H groups in total. The minimum absolute atomic E-state index is 0.268. The molecule has 0 bridgehead atoms. The summed E-state index contributed by atoms with van der Waals surface area (Å²) in [6, 6.07) is 18.1. The molecule has 0 atom stereocenters. The molecule has 0 fully saturated rings. The van der Waals surface area contributed by atoms with Crippen LogP contribution in [-0.2, 0) is 11.3 Å². The van der Waals surface area contributed by atoms with Crippen LogP contribution < -0.4 is 10.2 Å². The smallest absolute Gasteiger partial charge is 0.337 e. The summed E-state index contributed by atoms with van der Waals surface area (Å²) >= 11 is 0. The van der Waals surface area contributed by atoms with E-state index in [4.69, 9.17) is 0 Å². The van der Waals surface area contributed by atoms with Crippen LogP contribution in [0.15, 0.2) is 60.7 Å². The quantitative estimate of drug-likeness (QED) is 0.649. The lowest BCUT2D eigenvalue weighted by Crippen LogP contribution is -2.22. The van der Waals surface area contributed by atoms with Crippen molar-refractivity contribution in [2.75, 3.05) is 24.4 Å². The van der Waals surface area contributed by atoms with Crippen molar-refractivity contribution in [1.82, 2.24) is 9.97 Å². The molecule has 148 valence electrons. The average molecular weight is 390 g/mol. The van der Waals surface area contributed by atoms with Crippen molar-refractivity contribution in [2.24, 2.45) is 0 Å². The summed E-state index contributed by atoms with van der Waals surface area (Å²) in [6.45, 7) is 2.45. The Balaban J connectivity index is 1.74. The number of amides is 1. The van der Waals surface area contributed by atoms with Gasteiger partial charge in [-0.3, -0.25) is 4.79 Å². The SMILES string of the molecule is COC(=O)c1ccc(NC(=O)c2cc(C)nc(N(C)Cc3ccccc3)n2)cc1. The standard InChI is InChI=1S/C22H22N4O3/c1-15-13-19(20(27)24-18-11-9-17(10-12-18)21(28)29-3)25-22(23-15)26(2)14-16-7-5-4-6-8-16/h4-13H,14H2,1-3H3,(H,24,27). The van der Waals surface area contributed by atoms with Crippen LogP contribution in [0.3, 0.4) is 0 Å². The molecule has 2 aromatic carbocycles. The minimum Gasteiger partial charge on any atom is -0.465 e. The van der Waals surface area contributed by atoms with Crippen LogP contribution in [0.25, 0.3) is 0 Å². The Morgan fingerprint density at radius 3 is 2.38 bits per heavy atom. The van der Waals surface area contributed by atoms with Crippen molar-refractivity contribution < 1.29 is 14.3 Å². The van der Waals surface area contributed by atoms with E-state index in [1.807, 2.05) is 49.2 Å². The second kappa shape index (κ2) is 8.97. The number of rotatable bonds is 6. The number of carbonyl (C=O) groups excluding carboxylic acids is 2. The fourth-order valence-electron chi connectivity index (χ4n) is 2.77. The third kappa shape index (κ3) is 5.16. The lowest BCUT2D eigenvalue weighted by Gasteiger charge is -2.18. The Bertz CT molecular complexity index is 1000. The molecular weight excluding hydrogens is 368 g/mol. The Morgan fingerprint density at radius 1 is 1.03 bits per heavy atom. The molecule has 7 nitrogen and oxygen atoms in total. The molecule has 1 amide bonds. The van der Waals surface area contributed by atoms with E-state index in [-0.39, 0.29) is 11.6 Å². The second-order valence-corrected chi connectivity index (χ2v) is 6.56. The summed E-state index contributed by atoms with van der Waals surface area (Å²) in [5, 5.41) is 2.79. The summed E-state index contributed by atoms with van der Waals surface area (Å²) in [6.07, 6.45) is 0. The highest BCUT2D eigenvalue weighted by Crippen LogP contribution is 2.15. The number of hydrogen-bond donors (Lipinski definition) is 1. The van der Waals surface area contributed by atoms with Gasteiger partial charge in [-0.15, -0.1) is 0 Å². The summed E-state index contributed by atoms with van der Waals surface area (Å²) in [5.74, 6) is -0.309. The normalized spacial score (nSPS) is 10.3. The van der Waals surface area contributed by atoms with Crippen LogP contribution in [0.1, 0.15) is 32.1 Å². The van der Waals surface area contributed by atoms with Crippen LogP contribution in [0, 0.1) is 6.92 Å². The zero-order valence-corrected chi connectivity index (χ0v) is 16.5. The van der Waals surface area contributed by atoms with Gasteiger partial charge in [0.25, 0.3) is 5.91 Å². The third-order valence-electron chi connectivity index (χ3n) is 4.24. The predicted molar refractivity (Wildman–Crippen MR) is 111 cm³/mol. The van der Waals surface area contributed by atoms with E-state index in [0.717, 1.165) is 5.56 Å². The van der Waals surface area contributed by atoms with Crippen molar-refractivity contribution in [3.8, 4) is 0 Å². The Morgan fingerprint density at radius 2 is 1.72 bits per heavy atom. The lowest BCUT2D eigenvalue weighted by atomic mass is 10.2. The zero-order valence-electron chi connectivity index (χ0n) is 16.5. The van der Waals surface area contributed by atoms with Gasteiger partial charge in [-0.1, -0.05) is 30.3 Å². The summed E-state index contributed by atoms with van der Waals surface area (Å²) < 4.78 is 4.67. The number of ether oxygens (including phenoxy) is 1. The number of aromatic nitrogens is 2. The van der Waals surface area contributed by atoms with Gasteiger partial charge in [0.1, 0.15) is 5.69 Å². The zero-order chi connectivity index (χ0) is 20.8. The minimum atomic E-state index is -0.430. The number of nitrogens with one attached hydrogen (secondary N) is 1. The first kappa shape index (κ1) is 20.0. The topological polar surface area (TPSA) is 84.4 Å². The number of nitrogens with zero attached hydrogens (tertiary/aromatic N) is 3. The van der Waals surface area contributed by atoms with Crippen LogP contribution in [0.2, 0.25) is 0 Å². The molecule has 0 unspecified atom stereocenters. The van der Waals surface area contributed by atoms with E-state index in [0.29, 0.717) is 29.4 Å². The summed E-state index contributed by atoms with van der Waals surface area (Å²) in [5.41, 5.74) is 3.05. The van der Waals surface area contributed by atoms with E-state index in [1.54, 1.807) is 30.3 Å². The van der Waals surface area contributed by atoms with Crippen molar-refractivity contribution in [3.05, 3.63) is 83.2 Å². The highest BCUT2D eigenvalue weighted by molar-refractivity contribution is 6.03. The Kier molecular flexibility index (Phi) is 6.19. The molecule has 3 aromatic rings. The number of methoxy groups -OCH3 is 1. The van der Waals surface area contributed by atoms with Crippen LogP contribution in [0.4, 0.5) is 11.6 Å². The van der Waals surface area contributed by atoms with Crippen molar-refractivity contribution >= 4 is 23.5 Å². The first-order chi connectivity index (χ1) is 14.0. The number of aryl methyl sites for hydroxylation is 1. The van der Waals surface area contributed by atoms with Gasteiger partial charge in [-0.2, -0.15) is 0 Å². The van der Waals surface area contributed by atoms with Gasteiger partial charge >= 0.3 is 5.97 Å². The molecule has 0 aliphatic heterocycles. The molecule has 0 radical (unpaired) electrons. The molecule has 7 heteroatoms. The van der Waals surface area contributed by atoms with E-state index < -0.39 is 5.97 Å². The van der Waals surface area contributed by atoms with Gasteiger partial charge in [-0.05, 0) is 42.8 Å². The van der Waals surface area contributed by atoms with Gasteiger partial charge in [0.05, 0.1) is 12.7 Å². The number of anilines is 2. The van der Waals surface area contributed by atoms with Gasteiger partial charge in [-0.25, -0.2) is 14.8 Å². The molecule has 29 heavy (non-hydrogen) atoms. The number of benzene rings is 2. The number of carbonyl (C=O) groups is 2. The molecule has 3 rings (SSSR count). The highest BCUT2D eigenvalue weighted by Gasteiger charge is 2.14. The molecule has 0 aliphatic rings. The Hall–Kier alpha value is -3.74. The molecule has 0 spiro atoms. The van der Waals surface area contributed by atoms with E-state index in [2.05, 4.69) is 20.0 Å². The fraction of sp³-hybridized carbons (Fsp3) is 0.182. The van der Waals surface area contributed by atoms with Crippen LogP contribution in [-0.4, -0.2) is 36.0 Å². The monoisotopic (exact) mass is 390 g/mol. The maximum atomic E-state index is 12.7. The summed E-state index contributed by atoms with van der Waals surface area (Å²) in [4.78, 5) is 34.9. The van der Waals surface area contributed by atoms with Crippen molar-refractivity contribution in [3.63, 3.8) is 0 Å². The third-order valence-corrected chi connectivity index (χ3v) is 4.24. The van der Waals surface area contributed by atoms with Crippen molar-refractivity contribution in [2.45, 2.75) is 13.5 Å². The van der Waals surface area contributed by atoms with E-state index in [1.165, 1.54) is 7.11 Å². The van der Waals surface area contributed by atoms with Gasteiger partial charge in [0, 0.05) is 25.0 Å². The van der Waals surface area contributed by atoms with E-state index >= 15 is 0 Å². The predicted octanol–water partition coefficient (Wildman–Crippen LogP) is 3.46. The van der Waals surface area contributed by atoms with Gasteiger partial charge in [0.15, 0.2) is 0 Å². The molecule has 0 saturated heterocycles. The largest absolute Gasteiger partial charge is 0.465 e. The van der Waals surface area contributed by atoms with Crippen LogP contribution >= 0.6 is 0 Å². The molecule has 1 heterocycles. The average Bonchev–Trinajstić information content (AvgIpc) is 2.74. The fourth-order valence-corrected chi connectivity index (χ4v) is 2.77. The van der Waals surface area contributed by atoms with E-state index in [9.17, 15) is 9.59 Å².